The molecule has 1 unspecified atom stereocenters. The fourth-order valence-electron chi connectivity index (χ4n) is 2.09. The van der Waals surface area contributed by atoms with Gasteiger partial charge in [0.1, 0.15) is 0 Å². The average Bonchev–Trinajstić information content (AvgIpc) is 2.56. The normalized spacial score (nSPS) is 22.3. The lowest BCUT2D eigenvalue weighted by Gasteiger charge is -2.10. The number of aromatic nitrogens is 2. The fraction of sp³-hybridized carbons (Fsp3) is 0.833. The molecule has 4 heteroatoms. The summed E-state index contributed by atoms with van der Waals surface area (Å²) >= 11 is 0. The van der Waals surface area contributed by atoms with E-state index in [1.54, 1.807) is 0 Å². The van der Waals surface area contributed by atoms with E-state index in [4.69, 9.17) is 4.42 Å². The first kappa shape index (κ1) is 11.6. The van der Waals surface area contributed by atoms with Crippen LogP contribution in [0.5, 0.6) is 0 Å². The molecule has 1 fully saturated rings. The number of hydrogen-bond donors (Lipinski definition) is 1. The Kier molecular flexibility index (Phi) is 3.93. The number of hydrogen-bond acceptors (Lipinski definition) is 4. The van der Waals surface area contributed by atoms with Crippen LogP contribution in [0.2, 0.25) is 0 Å². The van der Waals surface area contributed by atoms with E-state index in [2.05, 4.69) is 29.4 Å². The molecule has 0 saturated carbocycles. The molecule has 90 valence electrons. The molecular weight excluding hydrogens is 202 g/mol. The Morgan fingerprint density at radius 3 is 3.00 bits per heavy atom. The van der Waals surface area contributed by atoms with E-state index in [9.17, 15) is 0 Å². The zero-order valence-corrected chi connectivity index (χ0v) is 10.2. The molecule has 1 aliphatic heterocycles. The van der Waals surface area contributed by atoms with Gasteiger partial charge in [-0.3, -0.25) is 0 Å². The van der Waals surface area contributed by atoms with E-state index in [1.165, 1.54) is 19.3 Å². The summed E-state index contributed by atoms with van der Waals surface area (Å²) in [7, 11) is 0. The van der Waals surface area contributed by atoms with Crippen molar-refractivity contribution < 1.29 is 4.42 Å². The highest BCUT2D eigenvalue weighted by molar-refractivity contribution is 4.89. The second-order valence-corrected chi connectivity index (χ2v) is 4.96. The molecule has 1 aliphatic rings. The first-order valence-corrected chi connectivity index (χ1v) is 6.28. The average molecular weight is 223 g/mol. The van der Waals surface area contributed by atoms with Crippen LogP contribution in [-0.4, -0.2) is 23.3 Å². The van der Waals surface area contributed by atoms with Crippen molar-refractivity contribution in [1.29, 1.82) is 0 Å². The minimum atomic E-state index is 0.327. The molecule has 0 aliphatic carbocycles. The highest BCUT2D eigenvalue weighted by Crippen LogP contribution is 2.18. The summed E-state index contributed by atoms with van der Waals surface area (Å²) in [5.74, 6) is 2.55. The second-order valence-electron chi connectivity index (χ2n) is 4.96. The van der Waals surface area contributed by atoms with Crippen LogP contribution < -0.4 is 5.32 Å². The highest BCUT2D eigenvalue weighted by Gasteiger charge is 2.16. The fourth-order valence-corrected chi connectivity index (χ4v) is 2.09. The summed E-state index contributed by atoms with van der Waals surface area (Å²) in [6, 6.07) is 0. The Morgan fingerprint density at radius 1 is 1.38 bits per heavy atom. The lowest BCUT2D eigenvalue weighted by molar-refractivity contribution is 0.382. The molecule has 1 atom stereocenters. The molecule has 0 radical (unpaired) electrons. The van der Waals surface area contributed by atoms with E-state index >= 15 is 0 Å². The van der Waals surface area contributed by atoms with Gasteiger partial charge < -0.3 is 9.73 Å². The number of nitrogens with one attached hydrogen (secondary N) is 1. The van der Waals surface area contributed by atoms with E-state index in [1.807, 2.05) is 0 Å². The van der Waals surface area contributed by atoms with E-state index in [0.29, 0.717) is 11.8 Å². The van der Waals surface area contributed by atoms with E-state index < -0.39 is 0 Å². The van der Waals surface area contributed by atoms with Crippen LogP contribution >= 0.6 is 0 Å². The SMILES string of the molecule is CC(C)c1nnc(CC2CCCCNC2)o1. The Bertz CT molecular complexity index is 314. The predicted octanol–water partition coefficient (Wildman–Crippen LogP) is 2.13. The third-order valence-corrected chi connectivity index (χ3v) is 3.09. The van der Waals surface area contributed by atoms with Crippen molar-refractivity contribution in [3.63, 3.8) is 0 Å². The zero-order chi connectivity index (χ0) is 11.4. The molecule has 16 heavy (non-hydrogen) atoms. The van der Waals surface area contributed by atoms with Crippen LogP contribution in [0.1, 0.15) is 50.8 Å². The lowest BCUT2D eigenvalue weighted by Crippen LogP contribution is -2.22. The largest absolute Gasteiger partial charge is 0.425 e. The second kappa shape index (κ2) is 5.43. The molecule has 0 spiro atoms. The molecule has 1 saturated heterocycles. The van der Waals surface area contributed by atoms with Gasteiger partial charge in [0.25, 0.3) is 0 Å². The van der Waals surface area contributed by atoms with Crippen molar-refractivity contribution in [2.75, 3.05) is 13.1 Å². The van der Waals surface area contributed by atoms with Gasteiger partial charge in [-0.25, -0.2) is 0 Å². The maximum absolute atomic E-state index is 5.64. The molecule has 4 nitrogen and oxygen atoms in total. The highest BCUT2D eigenvalue weighted by atomic mass is 16.4. The Balaban J connectivity index is 1.91. The topological polar surface area (TPSA) is 51.0 Å². The molecular formula is C12H21N3O. The van der Waals surface area contributed by atoms with Crippen LogP contribution in [0.4, 0.5) is 0 Å². The Hall–Kier alpha value is -0.900. The molecule has 1 N–H and O–H groups in total. The first-order chi connectivity index (χ1) is 7.75. The summed E-state index contributed by atoms with van der Waals surface area (Å²) in [6.45, 7) is 6.38. The molecule has 0 amide bonds. The summed E-state index contributed by atoms with van der Waals surface area (Å²) in [5, 5.41) is 11.6. The zero-order valence-electron chi connectivity index (χ0n) is 10.2. The van der Waals surface area contributed by atoms with E-state index in [-0.39, 0.29) is 0 Å². The van der Waals surface area contributed by atoms with Crippen LogP contribution in [0.3, 0.4) is 0 Å². The predicted molar refractivity (Wildman–Crippen MR) is 62.3 cm³/mol. The number of nitrogens with zero attached hydrogens (tertiary/aromatic N) is 2. The van der Waals surface area contributed by atoms with Crippen LogP contribution in [0.15, 0.2) is 4.42 Å². The summed E-state index contributed by atoms with van der Waals surface area (Å²) in [4.78, 5) is 0. The van der Waals surface area contributed by atoms with Crippen molar-refractivity contribution >= 4 is 0 Å². The molecule has 1 aromatic rings. The lowest BCUT2D eigenvalue weighted by atomic mass is 10.00. The standard InChI is InChI=1S/C12H21N3O/c1-9(2)12-15-14-11(16-12)7-10-5-3-4-6-13-8-10/h9-10,13H,3-8H2,1-2H3. The third-order valence-electron chi connectivity index (χ3n) is 3.09. The van der Waals surface area contributed by atoms with Gasteiger partial charge in [0.2, 0.25) is 11.8 Å². The van der Waals surface area contributed by atoms with Gasteiger partial charge in [0.15, 0.2) is 0 Å². The van der Waals surface area contributed by atoms with Gasteiger partial charge >= 0.3 is 0 Å². The molecule has 0 bridgehead atoms. The van der Waals surface area contributed by atoms with Gasteiger partial charge in [-0.1, -0.05) is 20.3 Å². The Labute approximate surface area is 96.8 Å². The van der Waals surface area contributed by atoms with Crippen molar-refractivity contribution in [1.82, 2.24) is 15.5 Å². The maximum Gasteiger partial charge on any atom is 0.219 e. The maximum atomic E-state index is 5.64. The van der Waals surface area contributed by atoms with Crippen LogP contribution in [0, 0.1) is 5.92 Å². The van der Waals surface area contributed by atoms with Gasteiger partial charge in [-0.15, -0.1) is 10.2 Å². The van der Waals surface area contributed by atoms with Crippen molar-refractivity contribution in [2.45, 2.75) is 45.4 Å². The minimum Gasteiger partial charge on any atom is -0.425 e. The van der Waals surface area contributed by atoms with Crippen molar-refractivity contribution in [2.24, 2.45) is 5.92 Å². The first-order valence-electron chi connectivity index (χ1n) is 6.28. The van der Waals surface area contributed by atoms with Crippen LogP contribution in [0.25, 0.3) is 0 Å². The van der Waals surface area contributed by atoms with Crippen molar-refractivity contribution in [3.8, 4) is 0 Å². The third kappa shape index (κ3) is 3.04. The van der Waals surface area contributed by atoms with E-state index in [0.717, 1.165) is 31.3 Å². The molecule has 2 rings (SSSR count). The van der Waals surface area contributed by atoms with Gasteiger partial charge in [0.05, 0.1) is 0 Å². The van der Waals surface area contributed by atoms with Crippen LogP contribution in [-0.2, 0) is 6.42 Å². The smallest absolute Gasteiger partial charge is 0.219 e. The summed E-state index contributed by atoms with van der Waals surface area (Å²) < 4.78 is 5.64. The molecule has 2 heterocycles. The summed E-state index contributed by atoms with van der Waals surface area (Å²) in [6.07, 6.45) is 4.79. The Morgan fingerprint density at radius 2 is 2.25 bits per heavy atom. The molecule has 1 aromatic heterocycles. The van der Waals surface area contributed by atoms with Crippen molar-refractivity contribution in [3.05, 3.63) is 11.8 Å². The minimum absolute atomic E-state index is 0.327. The molecule has 0 aromatic carbocycles. The number of rotatable bonds is 3. The van der Waals surface area contributed by atoms with Gasteiger partial charge in [-0.2, -0.15) is 0 Å². The monoisotopic (exact) mass is 223 g/mol. The van der Waals surface area contributed by atoms with Gasteiger partial charge in [-0.05, 0) is 31.8 Å². The van der Waals surface area contributed by atoms with Gasteiger partial charge in [0, 0.05) is 12.3 Å². The quantitative estimate of drug-likeness (QED) is 0.852. The summed E-state index contributed by atoms with van der Waals surface area (Å²) in [5.41, 5.74) is 0.